The van der Waals surface area contributed by atoms with Gasteiger partial charge in [0, 0.05) is 0 Å². The molecule has 0 radical (unpaired) electrons. The largest absolute Gasteiger partial charge is 4.00 e. The van der Waals surface area contributed by atoms with Crippen LogP contribution in [-0.4, -0.2) is 67.0 Å². The van der Waals surface area contributed by atoms with Crippen molar-refractivity contribution in [3.05, 3.63) is 0 Å². The van der Waals surface area contributed by atoms with E-state index in [1.54, 1.807) is 0 Å². The Balaban J connectivity index is -0.0000000993. The van der Waals surface area contributed by atoms with Gasteiger partial charge in [-0.3, -0.25) is 0 Å². The van der Waals surface area contributed by atoms with E-state index in [4.69, 9.17) is 66.8 Å². The van der Waals surface area contributed by atoms with Gasteiger partial charge in [0.2, 0.25) is 0 Å². The summed E-state index contributed by atoms with van der Waals surface area (Å²) in [6.07, 6.45) is 0. The normalized spacial score (nSPS) is 18.9. The van der Waals surface area contributed by atoms with Crippen LogP contribution in [0.4, 0.5) is 0 Å². The number of hydrogen-bond acceptors (Lipinski definition) is 28. The third-order valence-corrected chi connectivity index (χ3v) is 17.5. The van der Waals surface area contributed by atoms with Gasteiger partial charge >= 0.3 is 77.5 Å². The molecule has 0 bridgehead atoms. The summed E-state index contributed by atoms with van der Waals surface area (Å²) in [6.45, 7) is 0. The molecule has 0 amide bonds. The molecular weight excluding hydrogens is 1470 g/mol. The number of aliphatic hydroxyl groups is 4. The fourth-order valence-corrected chi connectivity index (χ4v) is 10.3. The monoisotopic (exact) mass is 1490 g/mol. The molecular formula is C8H16Cl4Hf3O28P8. The van der Waals surface area contributed by atoms with E-state index in [2.05, 4.69) is 18.1 Å². The van der Waals surface area contributed by atoms with Crippen molar-refractivity contribution in [2.24, 2.45) is 0 Å². The van der Waals surface area contributed by atoms with E-state index in [-0.39, 0.29) is 77.5 Å². The first-order chi connectivity index (χ1) is 20.9. The molecule has 0 rings (SSSR count). The van der Waals surface area contributed by atoms with Gasteiger partial charge in [-0.15, -0.1) is 0 Å². The second kappa shape index (κ2) is 29.9. The molecule has 0 aromatic rings. The number of aliphatic hydroxyl groups excluding tert-OH is 4. The molecule has 0 heterocycles. The molecule has 0 spiro atoms. The number of hydrogen-bond donors (Lipinski definition) is 4. The average molecular weight is 1490 g/mol. The number of rotatable bonds is 16. The molecule has 51 heavy (non-hydrogen) atoms. The van der Waals surface area contributed by atoms with Crippen LogP contribution in [0.25, 0.3) is 0 Å². The SMILES string of the molecule is O=P([O-])([O-])C(O)P(=O)([O-])OCCl.O=P([O-])([O-])C(O)P(=O)([O-])OCCl.O=P([O-])([O-])C(O)P(=O)([O-])OCCl.O=P([O-])([O-])C(O)P(=O)([O-])OCCl.[Hf+4].[Hf+4].[Hf+4]. The predicted octanol–water partition coefficient (Wildman–Crippen LogP) is -8.24. The summed E-state index contributed by atoms with van der Waals surface area (Å²) in [7, 11) is -42.9. The molecule has 0 fully saturated rings. The van der Waals surface area contributed by atoms with Gasteiger partial charge in [0.25, 0.3) is 0 Å². The second-order valence-corrected chi connectivity index (χ2v) is 22.7. The Morgan fingerprint density at radius 3 is 0.510 bits per heavy atom. The molecule has 8 unspecified atom stereocenters. The Kier molecular flexibility index (Phi) is 41.3. The van der Waals surface area contributed by atoms with Crippen molar-refractivity contribution in [3.8, 4) is 0 Å². The third-order valence-electron chi connectivity index (χ3n) is 3.18. The molecule has 0 saturated carbocycles. The van der Waals surface area contributed by atoms with Crippen molar-refractivity contribution in [2.45, 2.75) is 22.3 Å². The molecule has 0 aliphatic carbocycles. The van der Waals surface area contributed by atoms with Crippen LogP contribution >= 0.6 is 107 Å². The maximum atomic E-state index is 10.5. The minimum Gasteiger partial charge on any atom is -0.809 e. The summed E-state index contributed by atoms with van der Waals surface area (Å²) in [4.78, 5) is 122. The molecule has 28 nitrogen and oxygen atoms in total. The third kappa shape index (κ3) is 32.3. The Hall–Kier alpha value is 4.81. The van der Waals surface area contributed by atoms with Crippen LogP contribution < -0.4 is 58.7 Å². The second-order valence-electron chi connectivity index (χ2n) is 6.66. The summed E-state index contributed by atoms with van der Waals surface area (Å²) in [6, 6.07) is -3.45. The van der Waals surface area contributed by atoms with E-state index in [0.717, 1.165) is 0 Å². The molecule has 0 aliphatic heterocycles. The molecule has 296 valence electrons. The van der Waals surface area contributed by atoms with E-state index >= 15 is 0 Å². The first kappa shape index (κ1) is 70.4. The quantitative estimate of drug-likeness (QED) is 0.0633. The van der Waals surface area contributed by atoms with Crippen LogP contribution in [0.15, 0.2) is 0 Å². The van der Waals surface area contributed by atoms with Gasteiger partial charge in [-0.2, -0.15) is 0 Å². The maximum absolute atomic E-state index is 10.5. The van der Waals surface area contributed by atoms with E-state index in [1.807, 2.05) is 0 Å². The molecule has 0 aromatic heterocycles. The van der Waals surface area contributed by atoms with Crippen molar-refractivity contribution < 1.29 is 211 Å². The first-order valence-electron chi connectivity index (χ1n) is 9.70. The fraction of sp³-hybridized carbons (Fsp3) is 1.00. The Labute approximate surface area is 361 Å². The van der Waals surface area contributed by atoms with Crippen LogP contribution in [0, 0.1) is 0 Å². The Bertz CT molecular complexity index is 1150. The van der Waals surface area contributed by atoms with E-state index < -0.39 is 107 Å². The van der Waals surface area contributed by atoms with E-state index in [0.29, 0.717) is 0 Å². The molecule has 4 N–H and O–H groups in total. The van der Waals surface area contributed by atoms with Gasteiger partial charge in [0.05, 0.1) is 0 Å². The summed E-state index contributed by atoms with van der Waals surface area (Å²) >= 11 is 19.1. The number of alkyl halides is 4. The molecule has 0 saturated heterocycles. The molecule has 0 aliphatic rings. The Morgan fingerprint density at radius 2 is 0.451 bits per heavy atom. The van der Waals surface area contributed by atoms with Gasteiger partial charge in [0.1, 0.15) is 46.6 Å². The Morgan fingerprint density at radius 1 is 0.353 bits per heavy atom. The average Bonchev–Trinajstić information content (AvgIpc) is 2.85. The van der Waals surface area contributed by atoms with Crippen molar-refractivity contribution in [2.75, 3.05) is 24.3 Å². The summed E-state index contributed by atoms with van der Waals surface area (Å²) in [5.41, 5.74) is -12.3. The predicted molar refractivity (Wildman–Crippen MR) is 132 cm³/mol. The van der Waals surface area contributed by atoms with Crippen molar-refractivity contribution in [1.29, 1.82) is 0 Å². The van der Waals surface area contributed by atoms with Gasteiger partial charge in [0.15, 0.2) is 30.4 Å². The number of halogens is 4. The van der Waals surface area contributed by atoms with E-state index in [9.17, 15) is 95.2 Å². The fourth-order valence-electron chi connectivity index (χ4n) is 1.23. The van der Waals surface area contributed by atoms with Crippen molar-refractivity contribution >= 4 is 107 Å². The molecule has 0 aromatic carbocycles. The van der Waals surface area contributed by atoms with Crippen molar-refractivity contribution in [1.82, 2.24) is 0 Å². The van der Waals surface area contributed by atoms with Gasteiger partial charge < -0.3 is 134 Å². The zero-order chi connectivity index (χ0) is 40.0. The minimum atomic E-state index is -5.61. The zero-order valence-electron chi connectivity index (χ0n) is 23.3. The van der Waals surface area contributed by atoms with E-state index in [1.165, 1.54) is 0 Å². The molecule has 8 atom stereocenters. The summed E-state index contributed by atoms with van der Waals surface area (Å²) in [5.74, 6) is 0. The summed E-state index contributed by atoms with van der Waals surface area (Å²) < 4.78 is 96.5. The zero-order valence-corrected chi connectivity index (χ0v) is 44.3. The van der Waals surface area contributed by atoms with Crippen LogP contribution in [-0.2, 0) is 132 Å². The van der Waals surface area contributed by atoms with Crippen LogP contribution in [0.5, 0.6) is 0 Å². The van der Waals surface area contributed by atoms with Crippen LogP contribution in [0.3, 0.4) is 0 Å². The first-order valence-corrected chi connectivity index (χ1v) is 24.7. The maximum Gasteiger partial charge on any atom is 4.00 e. The van der Waals surface area contributed by atoms with Crippen molar-refractivity contribution in [3.63, 3.8) is 0 Å². The molecule has 43 heteroatoms. The van der Waals surface area contributed by atoms with Gasteiger partial charge in [-0.1, -0.05) is 46.4 Å². The van der Waals surface area contributed by atoms with Crippen LogP contribution in [0.1, 0.15) is 0 Å². The smallest absolute Gasteiger partial charge is 0.809 e. The summed E-state index contributed by atoms with van der Waals surface area (Å²) in [5, 5.41) is 33.6. The minimum absolute atomic E-state index is 0. The van der Waals surface area contributed by atoms with Gasteiger partial charge in [-0.05, 0) is 30.4 Å². The topological polar surface area (TPSA) is 531 Å². The van der Waals surface area contributed by atoms with Gasteiger partial charge in [-0.25, -0.2) is 0 Å². The standard InChI is InChI=1S/4C2H7ClO7P2.3Hf/c4*3-1-10-12(8,9)2(4)11(5,6)7;;;/h4*2,4H,1H2,(H,8,9)(H2,5,6,7);;;/q;;;;3*+4/p-12. The van der Waals surface area contributed by atoms with Crippen LogP contribution in [0.2, 0.25) is 0 Å².